The Bertz CT molecular complexity index is 733. The molecule has 0 saturated heterocycles. The van der Waals surface area contributed by atoms with E-state index in [1.54, 1.807) is 39.1 Å². The van der Waals surface area contributed by atoms with E-state index in [9.17, 15) is 23.1 Å². The molecule has 0 spiro atoms. The summed E-state index contributed by atoms with van der Waals surface area (Å²) in [6.07, 6.45) is -3.33. The van der Waals surface area contributed by atoms with Crippen LogP contribution in [0.2, 0.25) is 0 Å². The third kappa shape index (κ3) is 4.35. The molecule has 0 aliphatic rings. The van der Waals surface area contributed by atoms with Crippen LogP contribution in [0.1, 0.15) is 29.9 Å². The molecule has 5 nitrogen and oxygen atoms in total. The molecule has 0 aliphatic heterocycles. The number of nitrogens with zero attached hydrogens (tertiary/aromatic N) is 3. The molecule has 130 valence electrons. The Morgan fingerprint density at radius 1 is 1.29 bits per heavy atom. The van der Waals surface area contributed by atoms with Gasteiger partial charge < -0.3 is 10.0 Å². The summed E-state index contributed by atoms with van der Waals surface area (Å²) in [5.74, 6) is -0.345. The van der Waals surface area contributed by atoms with Crippen LogP contribution in [0.25, 0.3) is 5.69 Å². The van der Waals surface area contributed by atoms with Crippen LogP contribution in [0.15, 0.2) is 36.5 Å². The van der Waals surface area contributed by atoms with Crippen LogP contribution in [0, 0.1) is 0 Å². The largest absolute Gasteiger partial charge is 0.435 e. The highest BCUT2D eigenvalue weighted by Gasteiger charge is 2.33. The summed E-state index contributed by atoms with van der Waals surface area (Å²) in [5, 5.41) is 13.3. The number of benzene rings is 1. The first-order chi connectivity index (χ1) is 11.0. The number of aromatic nitrogens is 2. The Hall–Kier alpha value is -2.35. The van der Waals surface area contributed by atoms with Crippen molar-refractivity contribution in [1.29, 1.82) is 0 Å². The van der Waals surface area contributed by atoms with E-state index in [-0.39, 0.29) is 12.5 Å². The number of halogens is 3. The first kappa shape index (κ1) is 18.0. The fourth-order valence-corrected chi connectivity index (χ4v) is 2.27. The number of hydrogen-bond acceptors (Lipinski definition) is 3. The lowest BCUT2D eigenvalue weighted by molar-refractivity contribution is -0.141. The highest BCUT2D eigenvalue weighted by molar-refractivity contribution is 5.94. The maximum Gasteiger partial charge on any atom is 0.435 e. The monoisotopic (exact) mass is 341 g/mol. The summed E-state index contributed by atoms with van der Waals surface area (Å²) >= 11 is 0. The molecule has 0 atom stereocenters. The molecule has 2 aromatic rings. The Morgan fingerprint density at radius 3 is 2.50 bits per heavy atom. The molecule has 1 aromatic heterocycles. The lowest BCUT2D eigenvalue weighted by Gasteiger charge is -2.25. The molecule has 0 aliphatic carbocycles. The molecule has 1 heterocycles. The molecule has 2 rings (SSSR count). The second kappa shape index (κ2) is 6.27. The van der Waals surface area contributed by atoms with Crippen LogP contribution in [-0.2, 0) is 6.18 Å². The van der Waals surface area contributed by atoms with Crippen LogP contribution in [-0.4, -0.2) is 44.9 Å². The Balaban J connectivity index is 2.26. The topological polar surface area (TPSA) is 58.4 Å². The molecule has 0 fully saturated rings. The van der Waals surface area contributed by atoms with Crippen LogP contribution >= 0.6 is 0 Å². The molecule has 24 heavy (non-hydrogen) atoms. The van der Waals surface area contributed by atoms with Crippen molar-refractivity contribution in [2.24, 2.45) is 0 Å². The Morgan fingerprint density at radius 2 is 1.96 bits per heavy atom. The summed E-state index contributed by atoms with van der Waals surface area (Å²) in [4.78, 5) is 13.7. The van der Waals surface area contributed by atoms with E-state index < -0.39 is 17.5 Å². The lowest BCUT2D eigenvalue weighted by atomic mass is 10.1. The second-order valence-corrected chi connectivity index (χ2v) is 6.17. The van der Waals surface area contributed by atoms with Gasteiger partial charge in [0.15, 0.2) is 5.69 Å². The number of likely N-dealkylation sites (N-methyl/N-ethyl adjacent to an activating group) is 1. The zero-order valence-electron chi connectivity index (χ0n) is 13.5. The van der Waals surface area contributed by atoms with Gasteiger partial charge in [-0.3, -0.25) is 4.79 Å². The van der Waals surface area contributed by atoms with Gasteiger partial charge in [-0.25, -0.2) is 4.68 Å². The summed E-state index contributed by atoms with van der Waals surface area (Å²) in [7, 11) is 1.54. The molecule has 0 radical (unpaired) electrons. The predicted molar refractivity (Wildman–Crippen MR) is 81.8 cm³/mol. The molecule has 1 N–H and O–H groups in total. The van der Waals surface area contributed by atoms with E-state index >= 15 is 0 Å². The third-order valence-electron chi connectivity index (χ3n) is 3.21. The van der Waals surface area contributed by atoms with E-state index in [0.29, 0.717) is 11.3 Å². The van der Waals surface area contributed by atoms with Crippen LogP contribution in [0.3, 0.4) is 0 Å². The van der Waals surface area contributed by atoms with Gasteiger partial charge in [-0.2, -0.15) is 18.3 Å². The molecule has 0 bridgehead atoms. The number of carbonyl (C=O) groups excluding carboxylic acids is 1. The van der Waals surface area contributed by atoms with E-state index in [1.807, 2.05) is 0 Å². The average molecular weight is 341 g/mol. The van der Waals surface area contributed by atoms with Gasteiger partial charge in [-0.1, -0.05) is 6.07 Å². The molecule has 8 heteroatoms. The lowest BCUT2D eigenvalue weighted by Crippen LogP contribution is -2.39. The van der Waals surface area contributed by atoms with Crippen molar-refractivity contribution >= 4 is 5.91 Å². The number of aliphatic hydroxyl groups is 1. The normalized spacial score (nSPS) is 12.3. The summed E-state index contributed by atoms with van der Waals surface area (Å²) < 4.78 is 38.9. The van der Waals surface area contributed by atoms with Gasteiger partial charge in [0.25, 0.3) is 5.91 Å². The van der Waals surface area contributed by atoms with Gasteiger partial charge in [-0.05, 0) is 38.1 Å². The van der Waals surface area contributed by atoms with E-state index in [4.69, 9.17) is 0 Å². The molecule has 1 aromatic carbocycles. The zero-order valence-corrected chi connectivity index (χ0v) is 13.5. The van der Waals surface area contributed by atoms with Crippen molar-refractivity contribution in [2.75, 3.05) is 13.6 Å². The first-order valence-electron chi connectivity index (χ1n) is 7.18. The van der Waals surface area contributed by atoms with Gasteiger partial charge in [0.1, 0.15) is 0 Å². The van der Waals surface area contributed by atoms with Crippen molar-refractivity contribution in [1.82, 2.24) is 14.7 Å². The SMILES string of the molecule is CN(CC(C)(C)O)C(=O)c1cccc(-n2ccc(C(F)(F)F)n2)c1. The van der Waals surface area contributed by atoms with E-state index in [0.717, 1.165) is 10.7 Å². The minimum absolute atomic E-state index is 0.121. The molecule has 1 amide bonds. The number of carbonyl (C=O) groups is 1. The first-order valence-corrected chi connectivity index (χ1v) is 7.18. The third-order valence-corrected chi connectivity index (χ3v) is 3.21. The minimum Gasteiger partial charge on any atom is -0.389 e. The number of alkyl halides is 3. The minimum atomic E-state index is -4.52. The zero-order chi connectivity index (χ0) is 18.1. The maximum absolute atomic E-state index is 12.6. The van der Waals surface area contributed by atoms with Crippen molar-refractivity contribution in [2.45, 2.75) is 25.6 Å². The molecule has 0 saturated carbocycles. The van der Waals surface area contributed by atoms with Crippen molar-refractivity contribution < 1.29 is 23.1 Å². The molecular formula is C16H18F3N3O2. The van der Waals surface area contributed by atoms with Gasteiger partial charge in [0.05, 0.1) is 11.3 Å². The highest BCUT2D eigenvalue weighted by atomic mass is 19.4. The summed E-state index contributed by atoms with van der Waals surface area (Å²) in [6, 6.07) is 7.00. The molecule has 0 unspecified atom stereocenters. The van der Waals surface area contributed by atoms with Gasteiger partial charge in [-0.15, -0.1) is 0 Å². The van der Waals surface area contributed by atoms with E-state index in [2.05, 4.69) is 5.10 Å². The van der Waals surface area contributed by atoms with Crippen molar-refractivity contribution in [3.8, 4) is 5.69 Å². The van der Waals surface area contributed by atoms with Crippen molar-refractivity contribution in [3.63, 3.8) is 0 Å². The quantitative estimate of drug-likeness (QED) is 0.930. The second-order valence-electron chi connectivity index (χ2n) is 6.17. The fraction of sp³-hybridized carbons (Fsp3) is 0.375. The standard InChI is InChI=1S/C16H18F3N3O2/c1-15(2,24)10-21(3)14(23)11-5-4-6-12(9-11)22-8-7-13(20-22)16(17,18)19/h4-9,24H,10H2,1-3H3. The number of amides is 1. The number of rotatable bonds is 4. The summed E-state index contributed by atoms with van der Waals surface area (Å²) in [5.41, 5.74) is -1.42. The van der Waals surface area contributed by atoms with Crippen LogP contribution in [0.4, 0.5) is 13.2 Å². The maximum atomic E-state index is 12.6. The van der Waals surface area contributed by atoms with Crippen LogP contribution in [0.5, 0.6) is 0 Å². The van der Waals surface area contributed by atoms with Gasteiger partial charge >= 0.3 is 6.18 Å². The van der Waals surface area contributed by atoms with Crippen molar-refractivity contribution in [3.05, 3.63) is 47.8 Å². The average Bonchev–Trinajstić information content (AvgIpc) is 2.94. The smallest absolute Gasteiger partial charge is 0.389 e. The van der Waals surface area contributed by atoms with Gasteiger partial charge in [0, 0.05) is 25.4 Å². The summed E-state index contributed by atoms with van der Waals surface area (Å²) in [6.45, 7) is 3.28. The Kier molecular flexibility index (Phi) is 4.70. The van der Waals surface area contributed by atoms with Gasteiger partial charge in [0.2, 0.25) is 0 Å². The Labute approximate surface area is 137 Å². The fourth-order valence-electron chi connectivity index (χ4n) is 2.27. The highest BCUT2D eigenvalue weighted by Crippen LogP contribution is 2.28. The van der Waals surface area contributed by atoms with Crippen LogP contribution < -0.4 is 0 Å². The molecular weight excluding hydrogens is 323 g/mol. The van der Waals surface area contributed by atoms with E-state index in [1.165, 1.54) is 17.2 Å². The number of hydrogen-bond donors (Lipinski definition) is 1. The predicted octanol–water partition coefficient (Wildman–Crippen LogP) is 2.73.